The van der Waals surface area contributed by atoms with Crippen molar-refractivity contribution in [3.8, 4) is 0 Å². The molecule has 0 aliphatic heterocycles. The van der Waals surface area contributed by atoms with E-state index in [0.717, 1.165) is 11.8 Å². The molecule has 2 rings (SSSR count). The number of halogens is 1. The van der Waals surface area contributed by atoms with Crippen molar-refractivity contribution in [1.82, 2.24) is 0 Å². The van der Waals surface area contributed by atoms with Crippen molar-refractivity contribution in [1.29, 1.82) is 0 Å². The van der Waals surface area contributed by atoms with Crippen molar-refractivity contribution < 1.29 is 0 Å². The van der Waals surface area contributed by atoms with E-state index in [1.165, 1.54) is 24.0 Å². The summed E-state index contributed by atoms with van der Waals surface area (Å²) in [6.45, 7) is 11.8. The van der Waals surface area contributed by atoms with Crippen molar-refractivity contribution in [3.05, 3.63) is 40.5 Å². The maximum atomic E-state index is 3.48. The summed E-state index contributed by atoms with van der Waals surface area (Å²) in [5.41, 5.74) is 6.52. The number of allylic oxidation sites excluding steroid dienone is 1. The van der Waals surface area contributed by atoms with Gasteiger partial charge in [0.2, 0.25) is 0 Å². The minimum Gasteiger partial charge on any atom is -0.0925 e. The molecule has 1 aliphatic rings. The van der Waals surface area contributed by atoms with Gasteiger partial charge >= 0.3 is 0 Å². The molecule has 0 saturated heterocycles. The highest BCUT2D eigenvalue weighted by Crippen LogP contribution is 2.46. The van der Waals surface area contributed by atoms with Crippen molar-refractivity contribution in [2.45, 2.75) is 64.7 Å². The topological polar surface area (TPSA) is 0 Å². The Hall–Kier alpha value is -0.560. The molecule has 1 aromatic carbocycles. The Bertz CT molecular complexity index is 521. The average Bonchev–Trinajstić information content (AvgIpc) is 2.37. The molecule has 0 fully saturated rings. The molecule has 0 aromatic heterocycles. The highest BCUT2D eigenvalue weighted by atomic mass is 79.9. The third-order valence-corrected chi connectivity index (χ3v) is 5.27. The summed E-state index contributed by atoms with van der Waals surface area (Å²) in [4.78, 5) is 0. The maximum absolute atomic E-state index is 3.48. The lowest BCUT2D eigenvalue weighted by molar-refractivity contribution is 0.331. The van der Waals surface area contributed by atoms with Crippen LogP contribution in [0.3, 0.4) is 0 Å². The molecular formula is C19H27Br. The van der Waals surface area contributed by atoms with Crippen LogP contribution in [0.2, 0.25) is 0 Å². The number of benzene rings is 1. The summed E-state index contributed by atoms with van der Waals surface area (Å²) in [5.74, 6) is 0. The van der Waals surface area contributed by atoms with Crippen LogP contribution >= 0.6 is 15.9 Å². The first kappa shape index (κ1) is 15.8. The van der Waals surface area contributed by atoms with Crippen molar-refractivity contribution in [3.63, 3.8) is 0 Å². The van der Waals surface area contributed by atoms with Gasteiger partial charge < -0.3 is 0 Å². The lowest BCUT2D eigenvalue weighted by atomic mass is 9.62. The molecule has 0 saturated carbocycles. The molecule has 0 nitrogen and oxygen atoms in total. The zero-order chi connectivity index (χ0) is 15.0. The minimum atomic E-state index is 0.302. The predicted octanol–water partition coefficient (Wildman–Crippen LogP) is 6.14. The fourth-order valence-corrected chi connectivity index (χ4v) is 3.46. The number of hydrogen-bond donors (Lipinski definition) is 0. The van der Waals surface area contributed by atoms with Gasteiger partial charge in [0.05, 0.1) is 0 Å². The van der Waals surface area contributed by atoms with Crippen LogP contribution in [0.1, 0.15) is 69.2 Å². The van der Waals surface area contributed by atoms with Gasteiger partial charge in [-0.05, 0) is 59.3 Å². The third kappa shape index (κ3) is 3.03. The number of aryl methyl sites for hydroxylation is 1. The van der Waals surface area contributed by atoms with Gasteiger partial charge in [-0.2, -0.15) is 0 Å². The number of rotatable bonds is 3. The predicted molar refractivity (Wildman–Crippen MR) is 93.9 cm³/mol. The summed E-state index contributed by atoms with van der Waals surface area (Å²) in [6, 6.07) is 4.88. The van der Waals surface area contributed by atoms with E-state index in [9.17, 15) is 0 Å². The summed E-state index contributed by atoms with van der Waals surface area (Å²) >= 11 is 3.48. The average molecular weight is 335 g/mol. The lowest BCUT2D eigenvalue weighted by Gasteiger charge is -2.42. The third-order valence-electron chi connectivity index (χ3n) is 4.81. The van der Waals surface area contributed by atoms with Gasteiger partial charge in [0.15, 0.2) is 0 Å². The van der Waals surface area contributed by atoms with Crippen molar-refractivity contribution in [2.24, 2.45) is 0 Å². The van der Waals surface area contributed by atoms with E-state index in [-0.39, 0.29) is 0 Å². The normalized spacial score (nSPS) is 20.1. The summed E-state index contributed by atoms with van der Waals surface area (Å²) in [7, 11) is 0. The Labute approximate surface area is 132 Å². The van der Waals surface area contributed by atoms with E-state index in [0.29, 0.717) is 10.8 Å². The summed E-state index contributed by atoms with van der Waals surface area (Å²) in [6.07, 6.45) is 8.20. The second-order valence-electron chi connectivity index (χ2n) is 7.40. The summed E-state index contributed by atoms with van der Waals surface area (Å²) in [5, 5.41) is 1.03. The van der Waals surface area contributed by atoms with E-state index in [4.69, 9.17) is 0 Å². The Balaban J connectivity index is 2.52. The largest absolute Gasteiger partial charge is 0.0925 e. The molecule has 20 heavy (non-hydrogen) atoms. The zero-order valence-electron chi connectivity index (χ0n) is 13.5. The molecule has 1 heteroatoms. The maximum Gasteiger partial charge on any atom is 0.00660 e. The number of alkyl halides is 1. The monoisotopic (exact) mass is 334 g/mol. The SMILES string of the molecule is Cc1cc2c(cc1C=CCCBr)C(C)(C)CCC2(C)C. The van der Waals surface area contributed by atoms with Gasteiger partial charge in [-0.1, -0.05) is 67.9 Å². The first-order valence-electron chi connectivity index (χ1n) is 7.66. The number of fused-ring (bicyclic) bond motifs is 1. The molecule has 0 bridgehead atoms. The van der Waals surface area contributed by atoms with Crippen LogP contribution in [-0.2, 0) is 10.8 Å². The number of hydrogen-bond acceptors (Lipinski definition) is 0. The van der Waals surface area contributed by atoms with E-state index in [1.807, 2.05) is 0 Å². The Kier molecular flexibility index (Phi) is 4.49. The van der Waals surface area contributed by atoms with Crippen molar-refractivity contribution >= 4 is 22.0 Å². The van der Waals surface area contributed by atoms with E-state index >= 15 is 0 Å². The minimum absolute atomic E-state index is 0.302. The first-order chi connectivity index (χ1) is 9.28. The molecule has 0 N–H and O–H groups in total. The standard InChI is InChI=1S/C19H27Br/c1-14-12-16-17(13-15(14)8-6-7-11-20)19(4,5)10-9-18(16,2)3/h6,8,12-13H,7,9-11H2,1-5H3. The van der Waals surface area contributed by atoms with Crippen LogP contribution in [0, 0.1) is 6.92 Å². The summed E-state index contributed by atoms with van der Waals surface area (Å²) < 4.78 is 0. The lowest BCUT2D eigenvalue weighted by Crippen LogP contribution is -2.34. The fraction of sp³-hybridized carbons (Fsp3) is 0.579. The second kappa shape index (κ2) is 5.67. The molecule has 0 spiro atoms. The molecule has 1 aromatic rings. The van der Waals surface area contributed by atoms with E-state index < -0.39 is 0 Å². The molecule has 1 aliphatic carbocycles. The van der Waals surface area contributed by atoms with Gasteiger partial charge in [0, 0.05) is 5.33 Å². The molecule has 0 radical (unpaired) electrons. The molecular weight excluding hydrogens is 308 g/mol. The molecule has 0 heterocycles. The molecule has 0 amide bonds. The van der Waals surface area contributed by atoms with Gasteiger partial charge in [0.25, 0.3) is 0 Å². The molecule has 0 unspecified atom stereocenters. The molecule has 110 valence electrons. The van der Waals surface area contributed by atoms with Crippen LogP contribution in [0.5, 0.6) is 0 Å². The van der Waals surface area contributed by atoms with E-state index in [1.54, 1.807) is 11.1 Å². The second-order valence-corrected chi connectivity index (χ2v) is 8.20. The van der Waals surface area contributed by atoms with Gasteiger partial charge in [0.1, 0.15) is 0 Å². The quantitative estimate of drug-likeness (QED) is 0.582. The Morgan fingerprint density at radius 2 is 1.60 bits per heavy atom. The first-order valence-corrected chi connectivity index (χ1v) is 8.78. The molecule has 0 atom stereocenters. The Morgan fingerprint density at radius 3 is 2.15 bits per heavy atom. The van der Waals surface area contributed by atoms with Crippen LogP contribution in [0.25, 0.3) is 6.08 Å². The smallest absolute Gasteiger partial charge is 0.00660 e. The van der Waals surface area contributed by atoms with Crippen LogP contribution < -0.4 is 0 Å². The van der Waals surface area contributed by atoms with E-state index in [2.05, 4.69) is 74.8 Å². The highest BCUT2D eigenvalue weighted by Gasteiger charge is 2.37. The van der Waals surface area contributed by atoms with Gasteiger partial charge in [-0.15, -0.1) is 0 Å². The van der Waals surface area contributed by atoms with Crippen LogP contribution in [0.15, 0.2) is 18.2 Å². The van der Waals surface area contributed by atoms with Crippen LogP contribution in [-0.4, -0.2) is 5.33 Å². The zero-order valence-corrected chi connectivity index (χ0v) is 15.1. The Morgan fingerprint density at radius 1 is 1.05 bits per heavy atom. The van der Waals surface area contributed by atoms with Crippen molar-refractivity contribution in [2.75, 3.05) is 5.33 Å². The van der Waals surface area contributed by atoms with Gasteiger partial charge in [-0.25, -0.2) is 0 Å². The van der Waals surface area contributed by atoms with Crippen LogP contribution in [0.4, 0.5) is 0 Å². The highest BCUT2D eigenvalue weighted by molar-refractivity contribution is 9.09. The van der Waals surface area contributed by atoms with Gasteiger partial charge in [-0.3, -0.25) is 0 Å². The fourth-order valence-electron chi connectivity index (χ4n) is 3.19.